The van der Waals surface area contributed by atoms with Crippen molar-refractivity contribution in [3.63, 3.8) is 0 Å². The molecule has 0 atom stereocenters. The molecule has 2 rings (SSSR count). The molecule has 1 aromatic rings. The number of ether oxygens (including phenoxy) is 1. The van der Waals surface area contributed by atoms with Crippen LogP contribution in [0.25, 0.3) is 0 Å². The molecule has 0 aliphatic carbocycles. The molecule has 1 aromatic heterocycles. The van der Waals surface area contributed by atoms with Crippen LogP contribution < -0.4 is 5.43 Å². The van der Waals surface area contributed by atoms with Crippen LogP contribution in [0.2, 0.25) is 5.15 Å². The third-order valence-electron chi connectivity index (χ3n) is 1.51. The molecule has 2 heterocycles. The normalized spacial score (nSPS) is 15.0. The van der Waals surface area contributed by atoms with Crippen molar-refractivity contribution in [2.45, 2.75) is 0 Å². The van der Waals surface area contributed by atoms with Crippen LogP contribution in [0.1, 0.15) is 0 Å². The van der Waals surface area contributed by atoms with Crippen molar-refractivity contribution in [2.75, 3.05) is 18.6 Å². The number of nitrogens with one attached hydrogen (secondary N) is 1. The molecule has 68 valence electrons. The number of hydrogen-bond acceptors (Lipinski definition) is 5. The second-order valence-corrected chi connectivity index (χ2v) is 2.84. The summed E-state index contributed by atoms with van der Waals surface area (Å²) >= 11 is 5.73. The van der Waals surface area contributed by atoms with Gasteiger partial charge in [0.1, 0.15) is 0 Å². The van der Waals surface area contributed by atoms with Gasteiger partial charge in [-0.2, -0.15) is 5.10 Å². The summed E-state index contributed by atoms with van der Waals surface area (Å²) in [6.07, 6.45) is 3.07. The van der Waals surface area contributed by atoms with E-state index >= 15 is 0 Å². The number of halogens is 1. The minimum absolute atomic E-state index is 0.312. The molecular weight excluding hydrogens is 192 g/mol. The molecule has 0 radical (unpaired) electrons. The quantitative estimate of drug-likeness (QED) is 0.719. The van der Waals surface area contributed by atoms with Gasteiger partial charge in [-0.15, -0.1) is 0 Å². The van der Waals surface area contributed by atoms with Crippen molar-refractivity contribution < 1.29 is 4.74 Å². The van der Waals surface area contributed by atoms with Crippen LogP contribution in [0.5, 0.6) is 0 Å². The van der Waals surface area contributed by atoms with Gasteiger partial charge in [0.25, 0.3) is 0 Å². The van der Waals surface area contributed by atoms with E-state index in [1.165, 1.54) is 6.20 Å². The maximum absolute atomic E-state index is 5.73. The number of anilines is 1. The molecule has 1 aliphatic heterocycles. The lowest BCUT2D eigenvalue weighted by Crippen LogP contribution is -2.28. The maximum Gasteiger partial charge on any atom is 0.184 e. The van der Waals surface area contributed by atoms with Gasteiger partial charge in [-0.05, 0) is 0 Å². The Balaban J connectivity index is 2.05. The van der Waals surface area contributed by atoms with E-state index in [1.807, 2.05) is 0 Å². The third kappa shape index (κ3) is 1.93. The van der Waals surface area contributed by atoms with Crippen LogP contribution in [0.4, 0.5) is 5.82 Å². The Morgan fingerprint density at radius 1 is 1.38 bits per heavy atom. The summed E-state index contributed by atoms with van der Waals surface area (Å²) in [6, 6.07) is 0. The molecule has 0 saturated carbocycles. The van der Waals surface area contributed by atoms with Crippen LogP contribution >= 0.6 is 11.6 Å². The fourth-order valence-corrected chi connectivity index (χ4v) is 0.933. The second-order valence-electron chi connectivity index (χ2n) is 2.48. The SMILES string of the molecule is Clc1nccnc1NN=C1COC1. The Kier molecular flexibility index (Phi) is 2.37. The smallest absolute Gasteiger partial charge is 0.184 e. The first-order valence-corrected chi connectivity index (χ1v) is 4.10. The van der Waals surface area contributed by atoms with E-state index in [4.69, 9.17) is 16.3 Å². The average Bonchev–Trinajstić information content (AvgIpc) is 2.05. The van der Waals surface area contributed by atoms with Gasteiger partial charge in [0.2, 0.25) is 0 Å². The van der Waals surface area contributed by atoms with E-state index < -0.39 is 0 Å². The summed E-state index contributed by atoms with van der Waals surface area (Å²) in [5.74, 6) is 0.462. The monoisotopic (exact) mass is 198 g/mol. The zero-order chi connectivity index (χ0) is 9.10. The lowest BCUT2D eigenvalue weighted by molar-refractivity contribution is 0.159. The number of rotatable bonds is 2. The Bertz CT molecular complexity index is 335. The second kappa shape index (κ2) is 3.68. The van der Waals surface area contributed by atoms with Gasteiger partial charge in [-0.3, -0.25) is 5.43 Å². The minimum atomic E-state index is 0.312. The Labute approximate surface area is 79.8 Å². The Hall–Kier alpha value is -1.20. The molecule has 1 fully saturated rings. The van der Waals surface area contributed by atoms with Crippen LogP contribution in [0.15, 0.2) is 17.5 Å². The van der Waals surface area contributed by atoms with Crippen molar-refractivity contribution >= 4 is 23.1 Å². The fourth-order valence-electron chi connectivity index (χ4n) is 0.786. The predicted molar refractivity (Wildman–Crippen MR) is 48.9 cm³/mol. The van der Waals surface area contributed by atoms with Crippen molar-refractivity contribution in [3.8, 4) is 0 Å². The average molecular weight is 199 g/mol. The zero-order valence-electron chi connectivity index (χ0n) is 6.70. The predicted octanol–water partition coefficient (Wildman–Crippen LogP) is 0.928. The lowest BCUT2D eigenvalue weighted by atomic mass is 10.3. The van der Waals surface area contributed by atoms with Gasteiger partial charge in [0, 0.05) is 12.4 Å². The number of nitrogens with zero attached hydrogens (tertiary/aromatic N) is 3. The Morgan fingerprint density at radius 2 is 2.15 bits per heavy atom. The van der Waals surface area contributed by atoms with Gasteiger partial charge in [-0.25, -0.2) is 9.97 Å². The van der Waals surface area contributed by atoms with Crippen molar-refractivity contribution in [3.05, 3.63) is 17.5 Å². The molecule has 0 amide bonds. The van der Waals surface area contributed by atoms with Gasteiger partial charge in [0.05, 0.1) is 18.9 Å². The summed E-state index contributed by atoms with van der Waals surface area (Å²) in [6.45, 7) is 1.15. The number of aromatic nitrogens is 2. The summed E-state index contributed by atoms with van der Waals surface area (Å²) in [4.78, 5) is 7.80. The molecule has 13 heavy (non-hydrogen) atoms. The molecular formula is C7H7ClN4O. The van der Waals surface area contributed by atoms with Crippen molar-refractivity contribution in [1.82, 2.24) is 9.97 Å². The van der Waals surface area contributed by atoms with Crippen LogP contribution in [-0.4, -0.2) is 28.9 Å². The topological polar surface area (TPSA) is 59.4 Å². The van der Waals surface area contributed by atoms with Crippen molar-refractivity contribution in [1.29, 1.82) is 0 Å². The van der Waals surface area contributed by atoms with E-state index in [1.54, 1.807) is 6.20 Å². The van der Waals surface area contributed by atoms with Gasteiger partial charge in [0.15, 0.2) is 11.0 Å². The molecule has 0 unspecified atom stereocenters. The highest BCUT2D eigenvalue weighted by Gasteiger charge is 2.10. The standard InChI is InChI=1S/C7H7ClN4O/c8-6-7(10-2-1-9-6)12-11-5-3-13-4-5/h1-2H,3-4H2,(H,10,12). The summed E-state index contributed by atoms with van der Waals surface area (Å²) in [5.41, 5.74) is 3.66. The maximum atomic E-state index is 5.73. The van der Waals surface area contributed by atoms with E-state index in [0.29, 0.717) is 24.2 Å². The molecule has 0 bridgehead atoms. The van der Waals surface area contributed by atoms with Crippen LogP contribution in [-0.2, 0) is 4.74 Å². The molecule has 1 saturated heterocycles. The van der Waals surface area contributed by atoms with E-state index in [2.05, 4.69) is 20.5 Å². The summed E-state index contributed by atoms with van der Waals surface area (Å²) in [5, 5.41) is 4.33. The van der Waals surface area contributed by atoms with E-state index in [9.17, 15) is 0 Å². The van der Waals surface area contributed by atoms with Gasteiger partial charge in [-0.1, -0.05) is 11.6 Å². The first kappa shape index (κ1) is 8.40. The highest BCUT2D eigenvalue weighted by atomic mass is 35.5. The lowest BCUT2D eigenvalue weighted by Gasteiger charge is -2.15. The van der Waals surface area contributed by atoms with Crippen molar-refractivity contribution in [2.24, 2.45) is 5.10 Å². The minimum Gasteiger partial charge on any atom is -0.369 e. The first-order valence-electron chi connectivity index (χ1n) is 3.72. The zero-order valence-corrected chi connectivity index (χ0v) is 7.45. The first-order chi connectivity index (χ1) is 6.36. The molecule has 5 nitrogen and oxygen atoms in total. The van der Waals surface area contributed by atoms with Crippen LogP contribution in [0.3, 0.4) is 0 Å². The van der Waals surface area contributed by atoms with E-state index in [0.717, 1.165) is 5.71 Å². The highest BCUT2D eigenvalue weighted by Crippen LogP contribution is 2.14. The number of hydrogen-bond donors (Lipinski definition) is 1. The third-order valence-corrected chi connectivity index (χ3v) is 1.79. The summed E-state index contributed by atoms with van der Waals surface area (Å²) in [7, 11) is 0. The molecule has 1 N–H and O–H groups in total. The largest absolute Gasteiger partial charge is 0.369 e. The molecule has 6 heteroatoms. The molecule has 1 aliphatic rings. The summed E-state index contributed by atoms with van der Waals surface area (Å²) < 4.78 is 4.91. The van der Waals surface area contributed by atoms with E-state index in [-0.39, 0.29) is 0 Å². The fraction of sp³-hybridized carbons (Fsp3) is 0.286. The Morgan fingerprint density at radius 3 is 2.77 bits per heavy atom. The molecule has 0 aromatic carbocycles. The number of hydrazone groups is 1. The van der Waals surface area contributed by atoms with Gasteiger partial charge < -0.3 is 4.74 Å². The van der Waals surface area contributed by atoms with Gasteiger partial charge >= 0.3 is 0 Å². The molecule has 0 spiro atoms. The highest BCUT2D eigenvalue weighted by molar-refractivity contribution is 6.31. The van der Waals surface area contributed by atoms with Crippen LogP contribution in [0, 0.1) is 0 Å².